The summed E-state index contributed by atoms with van der Waals surface area (Å²) in [5, 5.41) is 0. The summed E-state index contributed by atoms with van der Waals surface area (Å²) in [5.74, 6) is -1.12. The van der Waals surface area contributed by atoms with Crippen LogP contribution in [-0.2, 0) is 0 Å². The highest BCUT2D eigenvalue weighted by atomic mass is 79.9. The predicted octanol–water partition coefficient (Wildman–Crippen LogP) is 6.26. The first-order chi connectivity index (χ1) is 10.1. The maximum absolute atomic E-state index is 13.8. The quantitative estimate of drug-likeness (QED) is 0.489. The first-order valence-electron chi connectivity index (χ1n) is 7.96. The number of rotatable bonds is 10. The Labute approximate surface area is 135 Å². The smallest absolute Gasteiger partial charge is 0.132 e. The highest BCUT2D eigenvalue weighted by Crippen LogP contribution is 2.26. The van der Waals surface area contributed by atoms with Crippen LogP contribution in [0.5, 0.6) is 0 Å². The van der Waals surface area contributed by atoms with Gasteiger partial charge in [0.15, 0.2) is 0 Å². The minimum absolute atomic E-state index is 0.0149. The Kier molecular flexibility index (Phi) is 9.09. The van der Waals surface area contributed by atoms with Crippen molar-refractivity contribution in [3.63, 3.8) is 0 Å². The summed E-state index contributed by atoms with van der Waals surface area (Å²) >= 11 is 3.07. The topological polar surface area (TPSA) is 26.0 Å². The molecule has 1 unspecified atom stereocenters. The first-order valence-corrected chi connectivity index (χ1v) is 8.75. The molecule has 0 aliphatic carbocycles. The average molecular weight is 362 g/mol. The summed E-state index contributed by atoms with van der Waals surface area (Å²) in [6.07, 6.45) is 10.2. The van der Waals surface area contributed by atoms with Crippen LogP contribution in [0.15, 0.2) is 16.6 Å². The second-order valence-corrected chi connectivity index (χ2v) is 6.57. The van der Waals surface area contributed by atoms with E-state index < -0.39 is 17.7 Å². The molecule has 0 saturated heterocycles. The zero-order valence-corrected chi connectivity index (χ0v) is 14.4. The van der Waals surface area contributed by atoms with Crippen LogP contribution in [0.1, 0.15) is 76.3 Å². The fourth-order valence-corrected chi connectivity index (χ4v) is 2.95. The van der Waals surface area contributed by atoms with Crippen molar-refractivity contribution >= 4 is 15.9 Å². The Morgan fingerprint density at radius 2 is 1.43 bits per heavy atom. The summed E-state index contributed by atoms with van der Waals surface area (Å²) in [4.78, 5) is 0. The Bertz CT molecular complexity index is 400. The van der Waals surface area contributed by atoms with Gasteiger partial charge in [-0.05, 0) is 18.6 Å². The molecule has 0 spiro atoms. The molecule has 1 rings (SSSR count). The molecule has 0 radical (unpaired) electrons. The fourth-order valence-electron chi connectivity index (χ4n) is 2.55. The number of unbranched alkanes of at least 4 members (excludes halogenated alkanes) is 7. The minimum atomic E-state index is -0.561. The van der Waals surface area contributed by atoms with Gasteiger partial charge in [0.2, 0.25) is 0 Å². The van der Waals surface area contributed by atoms with Crippen LogP contribution >= 0.6 is 15.9 Å². The van der Waals surface area contributed by atoms with Crippen LogP contribution in [0.25, 0.3) is 0 Å². The summed E-state index contributed by atoms with van der Waals surface area (Å²) in [5.41, 5.74) is 5.95. The van der Waals surface area contributed by atoms with E-state index in [0.29, 0.717) is 10.9 Å². The first kappa shape index (κ1) is 18.6. The van der Waals surface area contributed by atoms with E-state index in [9.17, 15) is 8.78 Å². The van der Waals surface area contributed by atoms with Gasteiger partial charge in [0.05, 0.1) is 0 Å². The van der Waals surface area contributed by atoms with Gasteiger partial charge in [-0.2, -0.15) is 0 Å². The highest BCUT2D eigenvalue weighted by Gasteiger charge is 2.17. The molecular formula is C17H26BrF2N. The van der Waals surface area contributed by atoms with Crippen molar-refractivity contribution in [2.24, 2.45) is 5.73 Å². The maximum Gasteiger partial charge on any atom is 0.132 e. The van der Waals surface area contributed by atoms with Gasteiger partial charge >= 0.3 is 0 Å². The molecular weight excluding hydrogens is 336 g/mol. The molecule has 0 amide bonds. The number of nitrogens with two attached hydrogens (primary N) is 1. The summed E-state index contributed by atoms with van der Waals surface area (Å²) in [6.45, 7) is 2.21. The van der Waals surface area contributed by atoms with Crippen molar-refractivity contribution in [2.45, 2.75) is 70.8 Å². The van der Waals surface area contributed by atoms with Crippen LogP contribution in [-0.4, -0.2) is 0 Å². The van der Waals surface area contributed by atoms with Gasteiger partial charge in [-0.15, -0.1) is 0 Å². The summed E-state index contributed by atoms with van der Waals surface area (Å²) < 4.78 is 27.9. The largest absolute Gasteiger partial charge is 0.324 e. The van der Waals surface area contributed by atoms with Gasteiger partial charge in [0.25, 0.3) is 0 Å². The van der Waals surface area contributed by atoms with Crippen LogP contribution in [0.4, 0.5) is 8.78 Å². The van der Waals surface area contributed by atoms with Crippen molar-refractivity contribution in [3.8, 4) is 0 Å². The van der Waals surface area contributed by atoms with E-state index in [4.69, 9.17) is 5.73 Å². The second kappa shape index (κ2) is 10.3. The van der Waals surface area contributed by atoms with E-state index in [1.807, 2.05) is 0 Å². The molecule has 0 heterocycles. The molecule has 1 atom stereocenters. The van der Waals surface area contributed by atoms with E-state index in [1.165, 1.54) is 50.7 Å². The number of halogens is 3. The Morgan fingerprint density at radius 3 is 1.95 bits per heavy atom. The lowest BCUT2D eigenvalue weighted by atomic mass is 9.99. The molecule has 0 aromatic heterocycles. The van der Waals surface area contributed by atoms with E-state index in [-0.39, 0.29) is 5.56 Å². The Hall–Kier alpha value is -0.480. The zero-order chi connectivity index (χ0) is 15.7. The third kappa shape index (κ3) is 6.88. The third-order valence-corrected chi connectivity index (χ3v) is 4.24. The molecule has 1 aromatic rings. The van der Waals surface area contributed by atoms with Crippen molar-refractivity contribution in [1.82, 2.24) is 0 Å². The lowest BCUT2D eigenvalue weighted by Gasteiger charge is -2.14. The van der Waals surface area contributed by atoms with Crippen LogP contribution in [0.2, 0.25) is 0 Å². The van der Waals surface area contributed by atoms with Gasteiger partial charge in [0.1, 0.15) is 11.6 Å². The lowest BCUT2D eigenvalue weighted by Crippen LogP contribution is -2.14. The SMILES string of the molecule is CCCCCCCCCCC(N)c1c(F)cc(Br)cc1F. The van der Waals surface area contributed by atoms with E-state index >= 15 is 0 Å². The number of benzene rings is 1. The molecule has 1 nitrogen and oxygen atoms in total. The Morgan fingerprint density at radius 1 is 0.952 bits per heavy atom. The molecule has 0 aliphatic rings. The number of hydrogen-bond donors (Lipinski definition) is 1. The maximum atomic E-state index is 13.8. The van der Waals surface area contributed by atoms with Gasteiger partial charge < -0.3 is 5.73 Å². The average Bonchev–Trinajstić information content (AvgIpc) is 2.40. The highest BCUT2D eigenvalue weighted by molar-refractivity contribution is 9.10. The van der Waals surface area contributed by atoms with Gasteiger partial charge in [-0.1, -0.05) is 74.2 Å². The molecule has 1 aromatic carbocycles. The summed E-state index contributed by atoms with van der Waals surface area (Å²) in [6, 6.07) is 1.98. The molecule has 2 N–H and O–H groups in total. The standard InChI is InChI=1S/C17H26BrF2N/c1-2-3-4-5-6-7-8-9-10-16(21)17-14(19)11-13(18)12-15(17)20/h11-12,16H,2-10,21H2,1H3. The molecule has 0 fully saturated rings. The van der Waals surface area contributed by atoms with Gasteiger partial charge in [0, 0.05) is 16.1 Å². The van der Waals surface area contributed by atoms with E-state index in [1.54, 1.807) is 0 Å². The van der Waals surface area contributed by atoms with Crippen LogP contribution < -0.4 is 5.73 Å². The molecule has 21 heavy (non-hydrogen) atoms. The lowest BCUT2D eigenvalue weighted by molar-refractivity contribution is 0.488. The normalized spacial score (nSPS) is 12.6. The molecule has 0 bridgehead atoms. The fraction of sp³-hybridized carbons (Fsp3) is 0.647. The number of hydrogen-bond acceptors (Lipinski definition) is 1. The summed E-state index contributed by atoms with van der Waals surface area (Å²) in [7, 11) is 0. The van der Waals surface area contributed by atoms with Crippen LogP contribution in [0, 0.1) is 11.6 Å². The van der Waals surface area contributed by atoms with Crippen molar-refractivity contribution in [3.05, 3.63) is 33.8 Å². The molecule has 120 valence electrons. The van der Waals surface area contributed by atoms with Gasteiger partial charge in [-0.25, -0.2) is 8.78 Å². The van der Waals surface area contributed by atoms with E-state index in [0.717, 1.165) is 12.8 Å². The molecule has 4 heteroatoms. The van der Waals surface area contributed by atoms with Gasteiger partial charge in [-0.3, -0.25) is 0 Å². The Balaban J connectivity index is 2.27. The van der Waals surface area contributed by atoms with Crippen molar-refractivity contribution < 1.29 is 8.78 Å². The van der Waals surface area contributed by atoms with Crippen LogP contribution in [0.3, 0.4) is 0 Å². The predicted molar refractivity (Wildman–Crippen MR) is 88.2 cm³/mol. The van der Waals surface area contributed by atoms with E-state index in [2.05, 4.69) is 22.9 Å². The van der Waals surface area contributed by atoms with Crippen molar-refractivity contribution in [2.75, 3.05) is 0 Å². The minimum Gasteiger partial charge on any atom is -0.324 e. The second-order valence-electron chi connectivity index (χ2n) is 5.65. The third-order valence-electron chi connectivity index (χ3n) is 3.78. The molecule has 0 saturated carbocycles. The zero-order valence-electron chi connectivity index (χ0n) is 12.8. The monoisotopic (exact) mass is 361 g/mol. The van der Waals surface area contributed by atoms with Crippen molar-refractivity contribution in [1.29, 1.82) is 0 Å². The molecule has 0 aliphatic heterocycles.